The number of thioether (sulfide) groups is 1. The Kier molecular flexibility index (Phi) is 5.74. The molecule has 0 amide bonds. The van der Waals surface area contributed by atoms with Crippen LogP contribution in [0.2, 0.25) is 0 Å². The Morgan fingerprint density at radius 3 is 2.27 bits per heavy atom. The molecule has 5 rings (SSSR count). The third-order valence-corrected chi connectivity index (χ3v) is 9.27. The van der Waals surface area contributed by atoms with Gasteiger partial charge < -0.3 is 21.3 Å². The van der Waals surface area contributed by atoms with Crippen LogP contribution in [0.1, 0.15) is 24.0 Å². The van der Waals surface area contributed by atoms with Gasteiger partial charge in [-0.25, -0.2) is 13.4 Å². The molecule has 8 nitrogen and oxygen atoms in total. The van der Waals surface area contributed by atoms with Gasteiger partial charge in [0.25, 0.3) is 0 Å². The van der Waals surface area contributed by atoms with E-state index in [0.717, 1.165) is 46.1 Å². The summed E-state index contributed by atoms with van der Waals surface area (Å²) in [6.07, 6.45) is 3.00. The molecule has 10 heteroatoms. The summed E-state index contributed by atoms with van der Waals surface area (Å²) in [7, 11) is -3.46. The van der Waals surface area contributed by atoms with E-state index in [-0.39, 0.29) is 5.50 Å². The average molecular weight is 485 g/mol. The van der Waals surface area contributed by atoms with Crippen molar-refractivity contribution in [1.29, 1.82) is 0 Å². The predicted octanol–water partition coefficient (Wildman–Crippen LogP) is 2.89. The van der Waals surface area contributed by atoms with Crippen molar-refractivity contribution >= 4 is 39.5 Å². The summed E-state index contributed by atoms with van der Waals surface area (Å²) in [5.74, 6) is 0. The number of anilines is 2. The highest BCUT2D eigenvalue weighted by molar-refractivity contribution is 8.04. The fourth-order valence-corrected chi connectivity index (χ4v) is 7.20. The lowest BCUT2D eigenvalue weighted by atomic mass is 10.1. The SMILES string of the molecule is Cc1cccc(C)c1N1C2=C(N=CN(c3ccc(S(=O)(=O)N4CCCC4)cc3)C2N)SC1N. The van der Waals surface area contributed by atoms with Crippen molar-refractivity contribution < 1.29 is 8.42 Å². The molecule has 0 aliphatic carbocycles. The van der Waals surface area contributed by atoms with Crippen molar-refractivity contribution in [3.63, 3.8) is 0 Å². The Labute approximate surface area is 199 Å². The Morgan fingerprint density at radius 2 is 1.64 bits per heavy atom. The molecule has 3 aliphatic heterocycles. The summed E-state index contributed by atoms with van der Waals surface area (Å²) < 4.78 is 27.3. The van der Waals surface area contributed by atoms with Gasteiger partial charge in [-0.05, 0) is 62.1 Å². The van der Waals surface area contributed by atoms with Gasteiger partial charge in [-0.2, -0.15) is 4.31 Å². The quantitative estimate of drug-likeness (QED) is 0.687. The van der Waals surface area contributed by atoms with Crippen LogP contribution < -0.4 is 21.3 Å². The van der Waals surface area contributed by atoms with Crippen molar-refractivity contribution in [2.75, 3.05) is 22.9 Å². The zero-order chi connectivity index (χ0) is 23.3. The van der Waals surface area contributed by atoms with Crippen LogP contribution in [-0.2, 0) is 10.0 Å². The molecule has 3 aliphatic rings. The smallest absolute Gasteiger partial charge is 0.243 e. The Hall–Kier alpha value is -2.37. The van der Waals surface area contributed by atoms with E-state index in [1.54, 1.807) is 34.9 Å². The maximum Gasteiger partial charge on any atom is 0.243 e. The minimum absolute atomic E-state index is 0.297. The van der Waals surface area contributed by atoms with Crippen LogP contribution in [0.15, 0.2) is 63.1 Å². The molecule has 174 valence electrons. The van der Waals surface area contributed by atoms with Gasteiger partial charge in [-0.15, -0.1) is 0 Å². The van der Waals surface area contributed by atoms with E-state index in [4.69, 9.17) is 11.5 Å². The molecule has 1 fully saturated rings. The second-order valence-corrected chi connectivity index (χ2v) is 11.6. The van der Waals surface area contributed by atoms with Crippen molar-refractivity contribution in [2.24, 2.45) is 16.5 Å². The van der Waals surface area contributed by atoms with Crippen LogP contribution in [0.3, 0.4) is 0 Å². The molecule has 33 heavy (non-hydrogen) atoms. The van der Waals surface area contributed by atoms with Crippen LogP contribution in [0, 0.1) is 13.8 Å². The van der Waals surface area contributed by atoms with Gasteiger partial charge >= 0.3 is 0 Å². The maximum absolute atomic E-state index is 12.9. The lowest BCUT2D eigenvalue weighted by molar-refractivity contribution is 0.477. The van der Waals surface area contributed by atoms with Crippen molar-refractivity contribution in [3.8, 4) is 0 Å². The minimum Gasteiger partial charge on any atom is -0.314 e. The standard InChI is InChI=1S/C23H28N6O2S2/c1-15-6-5-7-16(2)19(15)29-20-21(24)28(14-26-22(20)32-23(29)25)17-8-10-18(11-9-17)33(30,31)27-12-3-4-13-27/h5-11,14,21,23H,3-4,12-13,24-25H2,1-2H3. The van der Waals surface area contributed by atoms with E-state index < -0.39 is 16.2 Å². The highest BCUT2D eigenvalue weighted by atomic mass is 32.2. The van der Waals surface area contributed by atoms with Crippen LogP contribution in [0.5, 0.6) is 0 Å². The molecule has 2 aromatic carbocycles. The van der Waals surface area contributed by atoms with Gasteiger partial charge in [0.1, 0.15) is 16.7 Å². The number of sulfonamides is 1. The monoisotopic (exact) mass is 484 g/mol. The second kappa shape index (κ2) is 8.44. The first-order valence-electron chi connectivity index (χ1n) is 11.0. The van der Waals surface area contributed by atoms with E-state index in [0.29, 0.717) is 18.0 Å². The maximum atomic E-state index is 12.9. The molecule has 0 spiro atoms. The van der Waals surface area contributed by atoms with Crippen LogP contribution in [-0.4, -0.2) is 43.8 Å². The first-order chi connectivity index (χ1) is 15.8. The number of para-hydroxylation sites is 1. The highest BCUT2D eigenvalue weighted by Gasteiger charge is 2.40. The summed E-state index contributed by atoms with van der Waals surface area (Å²) in [6, 6.07) is 13.0. The number of aliphatic imine (C=N–C) groups is 1. The molecule has 2 aromatic rings. The Morgan fingerprint density at radius 1 is 1.00 bits per heavy atom. The zero-order valence-electron chi connectivity index (χ0n) is 18.7. The average Bonchev–Trinajstić information content (AvgIpc) is 3.44. The molecule has 4 N–H and O–H groups in total. The van der Waals surface area contributed by atoms with Gasteiger partial charge in [0.2, 0.25) is 10.0 Å². The van der Waals surface area contributed by atoms with Gasteiger partial charge in [0.05, 0.1) is 16.9 Å². The summed E-state index contributed by atoms with van der Waals surface area (Å²) in [5.41, 5.74) is 17.8. The Bertz CT molecular complexity index is 1220. The third-order valence-electron chi connectivity index (χ3n) is 6.36. The number of nitrogens with zero attached hydrogens (tertiary/aromatic N) is 4. The van der Waals surface area contributed by atoms with Gasteiger partial charge in [0.15, 0.2) is 0 Å². The molecule has 3 heterocycles. The fraction of sp³-hybridized carbons (Fsp3) is 0.348. The minimum atomic E-state index is -3.46. The number of hydrogen-bond acceptors (Lipinski definition) is 8. The number of aryl methyl sites for hydroxylation is 2. The number of nitrogens with two attached hydrogens (primary N) is 2. The van der Waals surface area contributed by atoms with Crippen LogP contribution >= 0.6 is 11.8 Å². The summed E-state index contributed by atoms with van der Waals surface area (Å²) in [5, 5.41) is 0.808. The first kappa shape index (κ1) is 22.4. The third kappa shape index (κ3) is 3.75. The van der Waals surface area contributed by atoms with Gasteiger partial charge in [-0.3, -0.25) is 0 Å². The molecule has 1 saturated heterocycles. The number of hydrogen-bond donors (Lipinski definition) is 2. The summed E-state index contributed by atoms with van der Waals surface area (Å²) in [4.78, 5) is 8.86. The van der Waals surface area contributed by atoms with Crippen LogP contribution in [0.25, 0.3) is 0 Å². The molecular formula is C23H28N6O2S2. The van der Waals surface area contributed by atoms with Crippen molar-refractivity contribution in [1.82, 2.24) is 4.31 Å². The van der Waals surface area contributed by atoms with E-state index in [9.17, 15) is 8.42 Å². The predicted molar refractivity (Wildman–Crippen MR) is 134 cm³/mol. The molecular weight excluding hydrogens is 456 g/mol. The highest BCUT2D eigenvalue weighted by Crippen LogP contribution is 2.45. The molecule has 0 bridgehead atoms. The lowest BCUT2D eigenvalue weighted by Crippen LogP contribution is -2.51. The molecule has 0 saturated carbocycles. The van der Waals surface area contributed by atoms with E-state index in [2.05, 4.69) is 35.9 Å². The van der Waals surface area contributed by atoms with E-state index in [1.165, 1.54) is 11.8 Å². The number of rotatable bonds is 4. The van der Waals surface area contributed by atoms with Gasteiger partial charge in [-0.1, -0.05) is 30.0 Å². The molecule has 0 radical (unpaired) electrons. The largest absolute Gasteiger partial charge is 0.314 e. The lowest BCUT2D eigenvalue weighted by Gasteiger charge is -2.36. The molecule has 0 aromatic heterocycles. The van der Waals surface area contributed by atoms with Crippen LogP contribution in [0.4, 0.5) is 11.4 Å². The van der Waals surface area contributed by atoms with Gasteiger partial charge in [0, 0.05) is 24.5 Å². The van der Waals surface area contributed by atoms with E-state index >= 15 is 0 Å². The van der Waals surface area contributed by atoms with Crippen molar-refractivity contribution in [3.05, 3.63) is 64.3 Å². The normalized spacial score (nSPS) is 23.5. The first-order valence-corrected chi connectivity index (χ1v) is 13.3. The number of benzene rings is 2. The summed E-state index contributed by atoms with van der Waals surface area (Å²) >= 11 is 1.48. The fourth-order valence-electron chi connectivity index (χ4n) is 4.68. The van der Waals surface area contributed by atoms with Crippen molar-refractivity contribution in [2.45, 2.75) is 43.2 Å². The van der Waals surface area contributed by atoms with E-state index in [1.807, 2.05) is 11.0 Å². The molecule has 2 unspecified atom stereocenters. The molecule has 2 atom stereocenters. The zero-order valence-corrected chi connectivity index (χ0v) is 20.3. The summed E-state index contributed by atoms with van der Waals surface area (Å²) in [6.45, 7) is 5.29. The second-order valence-electron chi connectivity index (χ2n) is 8.51. The topological polar surface area (TPSA) is 108 Å². The Balaban J connectivity index is 1.45.